The summed E-state index contributed by atoms with van der Waals surface area (Å²) in [5.74, 6) is 0.0205. The summed E-state index contributed by atoms with van der Waals surface area (Å²) in [5, 5.41) is 4.78. The molecule has 37 heavy (non-hydrogen) atoms. The minimum absolute atomic E-state index is 0.0205. The van der Waals surface area contributed by atoms with Gasteiger partial charge in [0.1, 0.15) is 18.0 Å². The van der Waals surface area contributed by atoms with Crippen LogP contribution in [0.15, 0.2) is 83.3 Å². The number of nitrogens with one attached hydrogen (secondary N) is 1. The van der Waals surface area contributed by atoms with Crippen LogP contribution in [0.2, 0.25) is 0 Å². The molecule has 2 amide bonds. The number of fused-ring (bicyclic) bond motifs is 3. The van der Waals surface area contributed by atoms with Gasteiger partial charge in [-0.05, 0) is 44.9 Å². The summed E-state index contributed by atoms with van der Waals surface area (Å²) in [4.78, 5) is 31.1. The molecule has 198 valence electrons. The average molecular weight is 507 g/mol. The van der Waals surface area contributed by atoms with Crippen LogP contribution in [-0.4, -0.2) is 57.4 Å². The van der Waals surface area contributed by atoms with Gasteiger partial charge in [0.25, 0.3) is 0 Å². The minimum atomic E-state index is 0.0205. The van der Waals surface area contributed by atoms with Crippen LogP contribution in [0.25, 0.3) is 21.9 Å². The predicted octanol–water partition coefficient (Wildman–Crippen LogP) is 5.40. The number of ether oxygens (including phenoxy) is 1. The molecule has 7 nitrogen and oxygen atoms in total. The number of aryl methyl sites for hydroxylation is 1. The first-order valence-electron chi connectivity index (χ1n) is 12.0. The summed E-state index contributed by atoms with van der Waals surface area (Å²) in [6, 6.07) is 26.8. The molecule has 0 bridgehead atoms. The van der Waals surface area contributed by atoms with Gasteiger partial charge in [-0.15, -0.1) is 0 Å². The zero-order chi connectivity index (χ0) is 27.5. The van der Waals surface area contributed by atoms with Gasteiger partial charge in [-0.1, -0.05) is 66.2 Å². The zero-order valence-electron chi connectivity index (χ0n) is 22.2. The van der Waals surface area contributed by atoms with Crippen molar-refractivity contribution in [2.45, 2.75) is 32.7 Å². The second-order valence-corrected chi connectivity index (χ2v) is 8.24. The molecule has 1 aliphatic rings. The number of methoxy groups -OCH3 is 1. The second-order valence-electron chi connectivity index (χ2n) is 8.24. The fourth-order valence-electron chi connectivity index (χ4n) is 3.76. The van der Waals surface area contributed by atoms with Gasteiger partial charge in [0.05, 0.1) is 6.54 Å². The Balaban J connectivity index is 0.000000269. The highest BCUT2D eigenvalue weighted by Gasteiger charge is 2.24. The van der Waals surface area contributed by atoms with E-state index in [0.717, 1.165) is 30.6 Å². The van der Waals surface area contributed by atoms with E-state index < -0.39 is 0 Å². The van der Waals surface area contributed by atoms with E-state index >= 15 is 0 Å². The Bertz CT molecular complexity index is 1150. The number of carbonyl (C=O) groups excluding carboxylic acids is 3. The highest BCUT2D eigenvalue weighted by molar-refractivity contribution is 6.04. The van der Waals surface area contributed by atoms with Gasteiger partial charge in [-0.3, -0.25) is 9.59 Å². The molecule has 7 heteroatoms. The van der Waals surface area contributed by atoms with Gasteiger partial charge >= 0.3 is 0 Å². The van der Waals surface area contributed by atoms with E-state index in [2.05, 4.69) is 35.2 Å². The van der Waals surface area contributed by atoms with Crippen LogP contribution in [0.4, 0.5) is 0 Å². The maximum absolute atomic E-state index is 11.3. The van der Waals surface area contributed by atoms with Crippen molar-refractivity contribution in [1.82, 2.24) is 10.2 Å². The summed E-state index contributed by atoms with van der Waals surface area (Å²) in [6.45, 7) is 7.10. The summed E-state index contributed by atoms with van der Waals surface area (Å²) < 4.78 is 9.96. The fourth-order valence-corrected chi connectivity index (χ4v) is 3.76. The Kier molecular flexibility index (Phi) is 15.4. The number of amides is 2. The Morgan fingerprint density at radius 1 is 1.00 bits per heavy atom. The lowest BCUT2D eigenvalue weighted by Crippen LogP contribution is -2.39. The molecule has 5 rings (SSSR count). The predicted molar refractivity (Wildman–Crippen MR) is 149 cm³/mol. The van der Waals surface area contributed by atoms with Crippen LogP contribution in [0.1, 0.15) is 25.3 Å². The highest BCUT2D eigenvalue weighted by Crippen LogP contribution is 2.28. The third kappa shape index (κ3) is 10.7. The molecule has 1 N–H and O–H groups in total. The van der Waals surface area contributed by atoms with E-state index in [4.69, 9.17) is 9.21 Å². The van der Waals surface area contributed by atoms with Crippen LogP contribution in [0, 0.1) is 6.92 Å². The number of benzene rings is 3. The Hall–Kier alpha value is -3.97. The van der Waals surface area contributed by atoms with E-state index in [1.807, 2.05) is 79.3 Å². The van der Waals surface area contributed by atoms with E-state index in [1.165, 1.54) is 16.3 Å². The molecule has 1 unspecified atom stereocenters. The molecule has 0 aliphatic carbocycles. The van der Waals surface area contributed by atoms with Crippen LogP contribution < -0.4 is 5.32 Å². The van der Waals surface area contributed by atoms with E-state index in [0.29, 0.717) is 12.5 Å². The first-order chi connectivity index (χ1) is 18.0. The number of furan rings is 1. The van der Waals surface area contributed by atoms with Crippen molar-refractivity contribution in [2.24, 2.45) is 0 Å². The first-order valence-corrected chi connectivity index (χ1v) is 12.0. The molecule has 4 aromatic rings. The quantitative estimate of drug-likeness (QED) is 0.376. The molecule has 1 fully saturated rings. The lowest BCUT2D eigenvalue weighted by atomic mass is 10.1. The van der Waals surface area contributed by atoms with Crippen LogP contribution >= 0.6 is 0 Å². The Morgan fingerprint density at radius 2 is 1.57 bits per heavy atom. The second kappa shape index (κ2) is 18.3. The molecule has 1 aromatic heterocycles. The van der Waals surface area contributed by atoms with Crippen LogP contribution in [-0.2, 0) is 19.1 Å². The van der Waals surface area contributed by atoms with Crippen molar-refractivity contribution >= 4 is 41.0 Å². The van der Waals surface area contributed by atoms with Crippen molar-refractivity contribution in [3.8, 4) is 0 Å². The van der Waals surface area contributed by atoms with Crippen molar-refractivity contribution in [3.63, 3.8) is 0 Å². The third-order valence-electron chi connectivity index (χ3n) is 5.41. The lowest BCUT2D eigenvalue weighted by Gasteiger charge is -2.20. The summed E-state index contributed by atoms with van der Waals surface area (Å²) in [6.07, 6.45) is 2.71. The topological polar surface area (TPSA) is 88.9 Å². The van der Waals surface area contributed by atoms with E-state index in [1.54, 1.807) is 14.2 Å². The standard InChI is InChI=1S/C13H10O.C8H14N2O2.C6H6.C2H6O.CH2O/c1-9-6-7-13-11(8-9)10-4-2-3-5-12(10)14-13;1-7-3-2-4-10(7)8(12)5-9-6-11;1-2-4-6-5-3-1;1-3-2;1-2/h2-8H,1H3;6-7H,2-5H2,1H3,(H,9,11);1-6H;1-2H3;1H2. The maximum atomic E-state index is 11.3. The molecule has 0 spiro atoms. The lowest BCUT2D eigenvalue weighted by molar-refractivity contribution is -0.131. The minimum Gasteiger partial charge on any atom is -0.456 e. The van der Waals surface area contributed by atoms with Gasteiger partial charge in [-0.25, -0.2) is 0 Å². The smallest absolute Gasteiger partial charge is 0.242 e. The first kappa shape index (κ1) is 31.1. The molecule has 2 heterocycles. The van der Waals surface area contributed by atoms with Gasteiger partial charge < -0.3 is 24.2 Å². The van der Waals surface area contributed by atoms with Gasteiger partial charge in [-0.2, -0.15) is 0 Å². The molecule has 1 saturated heterocycles. The summed E-state index contributed by atoms with van der Waals surface area (Å²) in [7, 11) is 3.25. The number of para-hydroxylation sites is 1. The van der Waals surface area contributed by atoms with Crippen LogP contribution in [0.3, 0.4) is 0 Å². The van der Waals surface area contributed by atoms with Gasteiger partial charge in [0.15, 0.2) is 0 Å². The number of carbonyl (C=O) groups is 3. The Morgan fingerprint density at radius 3 is 2.11 bits per heavy atom. The fraction of sp³-hybridized carbons (Fsp3) is 0.300. The van der Waals surface area contributed by atoms with Crippen molar-refractivity contribution in [2.75, 3.05) is 27.3 Å². The van der Waals surface area contributed by atoms with Gasteiger partial charge in [0, 0.05) is 37.6 Å². The number of hydrogen-bond acceptors (Lipinski definition) is 5. The number of hydrogen-bond donors (Lipinski definition) is 1. The third-order valence-corrected chi connectivity index (χ3v) is 5.41. The van der Waals surface area contributed by atoms with E-state index in [9.17, 15) is 9.59 Å². The number of rotatable bonds is 3. The van der Waals surface area contributed by atoms with Crippen molar-refractivity contribution < 1.29 is 23.5 Å². The molecular weight excluding hydrogens is 468 g/mol. The molecule has 1 atom stereocenters. The van der Waals surface area contributed by atoms with Crippen molar-refractivity contribution in [1.29, 1.82) is 0 Å². The molecule has 3 aromatic carbocycles. The molecule has 0 saturated carbocycles. The summed E-state index contributed by atoms with van der Waals surface area (Å²) >= 11 is 0. The SMILES string of the molecule is C=O.CC1CCCN1C(=O)CNC=O.COC.Cc1ccc2oc3ccccc3c2c1.c1ccccc1. The zero-order valence-corrected chi connectivity index (χ0v) is 22.2. The summed E-state index contributed by atoms with van der Waals surface area (Å²) in [5.41, 5.74) is 3.20. The number of likely N-dealkylation sites (tertiary alicyclic amines) is 1. The molecule has 1 aliphatic heterocycles. The largest absolute Gasteiger partial charge is 0.456 e. The monoisotopic (exact) mass is 506 g/mol. The normalized spacial score (nSPS) is 13.4. The van der Waals surface area contributed by atoms with Crippen LogP contribution in [0.5, 0.6) is 0 Å². The van der Waals surface area contributed by atoms with Gasteiger partial charge in [0.2, 0.25) is 12.3 Å². The average Bonchev–Trinajstić information content (AvgIpc) is 3.54. The number of nitrogens with zero attached hydrogens (tertiary/aromatic N) is 1. The molecule has 0 radical (unpaired) electrons. The molecular formula is C30H38N2O5. The van der Waals surface area contributed by atoms with Crippen molar-refractivity contribution in [3.05, 3.63) is 84.4 Å². The maximum Gasteiger partial charge on any atom is 0.242 e. The Labute approximate surface area is 219 Å². The van der Waals surface area contributed by atoms with E-state index in [-0.39, 0.29) is 12.5 Å². The highest BCUT2D eigenvalue weighted by atomic mass is 16.4.